The summed E-state index contributed by atoms with van der Waals surface area (Å²) >= 11 is 5.45. The molecule has 0 aliphatic carbocycles. The molecule has 0 fully saturated rings. The van der Waals surface area contributed by atoms with Crippen molar-refractivity contribution in [2.45, 2.75) is 26.7 Å². The van der Waals surface area contributed by atoms with Gasteiger partial charge in [0.2, 0.25) is 0 Å². The third kappa shape index (κ3) is 2.06. The number of aromatic nitrogens is 3. The smallest absolute Gasteiger partial charge is 0.184 e. The van der Waals surface area contributed by atoms with Gasteiger partial charge in [0.1, 0.15) is 0 Å². The Kier molecular flexibility index (Phi) is 3.18. The van der Waals surface area contributed by atoms with Gasteiger partial charge in [0.05, 0.1) is 5.52 Å². The van der Waals surface area contributed by atoms with Crippen molar-refractivity contribution in [2.24, 2.45) is 0 Å². The summed E-state index contributed by atoms with van der Waals surface area (Å²) in [6.45, 7) is 6.44. The molecule has 0 spiro atoms. The van der Waals surface area contributed by atoms with Gasteiger partial charge in [-0.2, -0.15) is 0 Å². The van der Waals surface area contributed by atoms with Gasteiger partial charge in [-0.1, -0.05) is 26.0 Å². The van der Waals surface area contributed by atoms with Crippen molar-refractivity contribution in [3.63, 3.8) is 0 Å². The lowest BCUT2D eigenvalue weighted by Gasteiger charge is -2.08. The fourth-order valence-electron chi connectivity index (χ4n) is 2.37. The lowest BCUT2D eigenvalue weighted by atomic mass is 10.0. The molecule has 0 aliphatic heterocycles. The van der Waals surface area contributed by atoms with E-state index in [1.54, 1.807) is 0 Å². The fraction of sp³-hybridized carbons (Fsp3) is 0.250. The average molecular weight is 283 g/mol. The molecule has 0 atom stereocenters. The molecule has 0 unspecified atom stereocenters. The zero-order chi connectivity index (χ0) is 14.3. The largest absolute Gasteiger partial charge is 0.329 e. The van der Waals surface area contributed by atoms with E-state index < -0.39 is 0 Å². The molecule has 0 saturated heterocycles. The van der Waals surface area contributed by atoms with Gasteiger partial charge in [-0.05, 0) is 54.4 Å². The normalized spacial score (nSPS) is 11.4. The highest BCUT2D eigenvalue weighted by atomic mass is 32.1. The second-order valence-corrected chi connectivity index (χ2v) is 5.72. The van der Waals surface area contributed by atoms with Crippen LogP contribution in [-0.4, -0.2) is 14.5 Å². The molecular weight excluding hydrogens is 266 g/mol. The topological polar surface area (TPSA) is 33.6 Å². The minimum atomic E-state index is 0.528. The predicted octanol–water partition coefficient (Wildman–Crippen LogP) is 4.51. The summed E-state index contributed by atoms with van der Waals surface area (Å²) in [6.07, 6.45) is 1.82. The Hall–Kier alpha value is -1.94. The van der Waals surface area contributed by atoms with Crippen LogP contribution in [0.15, 0.2) is 36.5 Å². The summed E-state index contributed by atoms with van der Waals surface area (Å²) in [5, 5.41) is 0. The van der Waals surface area contributed by atoms with Crippen LogP contribution >= 0.6 is 12.2 Å². The molecule has 1 aromatic carbocycles. The van der Waals surface area contributed by atoms with E-state index >= 15 is 0 Å². The van der Waals surface area contributed by atoms with Crippen LogP contribution < -0.4 is 0 Å². The first-order valence-electron chi connectivity index (χ1n) is 6.74. The van der Waals surface area contributed by atoms with Crippen molar-refractivity contribution >= 4 is 23.4 Å². The lowest BCUT2D eigenvalue weighted by Crippen LogP contribution is -1.96. The minimum Gasteiger partial charge on any atom is -0.329 e. The van der Waals surface area contributed by atoms with E-state index in [1.165, 1.54) is 5.56 Å². The Morgan fingerprint density at radius 3 is 2.50 bits per heavy atom. The molecule has 0 bridgehead atoms. The average Bonchev–Trinajstić information content (AvgIpc) is 2.77. The molecule has 102 valence electrons. The Bertz CT molecular complexity index is 810. The molecule has 0 aliphatic rings. The second kappa shape index (κ2) is 4.87. The molecule has 2 heterocycles. The lowest BCUT2D eigenvalue weighted by molar-refractivity contribution is 0.865. The SMILES string of the molecule is Cc1ccnc2c1[nH]c(=S)n2-c1ccc(C(C)C)cc1. The molecule has 4 heteroatoms. The molecular formula is C16H17N3S. The van der Waals surface area contributed by atoms with E-state index in [9.17, 15) is 0 Å². The molecule has 2 aromatic heterocycles. The quantitative estimate of drug-likeness (QED) is 0.702. The summed E-state index contributed by atoms with van der Waals surface area (Å²) in [7, 11) is 0. The molecule has 3 nitrogen and oxygen atoms in total. The number of rotatable bonds is 2. The molecule has 3 aromatic rings. The van der Waals surface area contributed by atoms with Gasteiger partial charge in [-0.3, -0.25) is 4.57 Å². The highest BCUT2D eigenvalue weighted by Gasteiger charge is 2.09. The summed E-state index contributed by atoms with van der Waals surface area (Å²) in [5.74, 6) is 0.528. The molecule has 0 saturated carbocycles. The van der Waals surface area contributed by atoms with Crippen LogP contribution in [0.3, 0.4) is 0 Å². The first-order chi connectivity index (χ1) is 9.58. The van der Waals surface area contributed by atoms with E-state index in [1.807, 2.05) is 16.8 Å². The number of pyridine rings is 1. The number of benzene rings is 1. The van der Waals surface area contributed by atoms with E-state index in [2.05, 4.69) is 55.0 Å². The maximum absolute atomic E-state index is 5.45. The standard InChI is InChI=1S/C16H17N3S/c1-10(2)12-4-6-13(7-5-12)19-15-14(18-16(19)20)11(3)8-9-17-15/h4-10H,1-3H3,(H,18,20). The first kappa shape index (κ1) is 13.1. The van der Waals surface area contributed by atoms with Gasteiger partial charge in [0, 0.05) is 11.9 Å². The molecule has 0 amide bonds. The zero-order valence-electron chi connectivity index (χ0n) is 11.8. The van der Waals surface area contributed by atoms with Crippen LogP contribution in [0.25, 0.3) is 16.9 Å². The summed E-state index contributed by atoms with van der Waals surface area (Å²) in [5.41, 5.74) is 5.41. The highest BCUT2D eigenvalue weighted by Crippen LogP contribution is 2.22. The Balaban J connectivity index is 2.22. The first-order valence-corrected chi connectivity index (χ1v) is 7.15. The molecule has 20 heavy (non-hydrogen) atoms. The number of nitrogens with zero attached hydrogens (tertiary/aromatic N) is 2. The zero-order valence-corrected chi connectivity index (χ0v) is 12.7. The summed E-state index contributed by atoms with van der Waals surface area (Å²) in [6, 6.07) is 10.5. The number of fused-ring (bicyclic) bond motifs is 1. The van der Waals surface area contributed by atoms with Crippen LogP contribution in [0.2, 0.25) is 0 Å². The van der Waals surface area contributed by atoms with Crippen molar-refractivity contribution in [3.05, 3.63) is 52.4 Å². The maximum atomic E-state index is 5.45. The fourth-order valence-corrected chi connectivity index (χ4v) is 2.67. The minimum absolute atomic E-state index is 0.528. The Morgan fingerprint density at radius 1 is 1.15 bits per heavy atom. The van der Waals surface area contributed by atoms with Gasteiger partial charge >= 0.3 is 0 Å². The van der Waals surface area contributed by atoms with Crippen LogP contribution in [0.1, 0.15) is 30.9 Å². The summed E-state index contributed by atoms with van der Waals surface area (Å²) in [4.78, 5) is 7.71. The van der Waals surface area contributed by atoms with Crippen molar-refractivity contribution in [1.29, 1.82) is 0 Å². The predicted molar refractivity (Wildman–Crippen MR) is 85.1 cm³/mol. The van der Waals surface area contributed by atoms with Gasteiger partial charge in [0.25, 0.3) is 0 Å². The van der Waals surface area contributed by atoms with E-state index in [-0.39, 0.29) is 0 Å². The third-order valence-corrected chi connectivity index (χ3v) is 3.89. The summed E-state index contributed by atoms with van der Waals surface area (Å²) < 4.78 is 2.67. The molecule has 1 N–H and O–H groups in total. The van der Waals surface area contributed by atoms with Crippen LogP contribution in [-0.2, 0) is 0 Å². The number of nitrogens with one attached hydrogen (secondary N) is 1. The monoisotopic (exact) mass is 283 g/mol. The van der Waals surface area contributed by atoms with Crippen molar-refractivity contribution in [1.82, 2.24) is 14.5 Å². The van der Waals surface area contributed by atoms with Gasteiger partial charge in [-0.15, -0.1) is 0 Å². The number of aromatic amines is 1. The van der Waals surface area contributed by atoms with Gasteiger partial charge < -0.3 is 4.98 Å². The molecule has 3 rings (SSSR count). The van der Waals surface area contributed by atoms with Gasteiger partial charge in [-0.25, -0.2) is 4.98 Å². The number of hydrogen-bond acceptors (Lipinski definition) is 2. The van der Waals surface area contributed by atoms with Crippen molar-refractivity contribution < 1.29 is 0 Å². The number of H-pyrrole nitrogens is 1. The van der Waals surface area contributed by atoms with Crippen LogP contribution in [0, 0.1) is 11.7 Å². The van der Waals surface area contributed by atoms with Crippen molar-refractivity contribution in [3.8, 4) is 5.69 Å². The number of hydrogen-bond donors (Lipinski definition) is 1. The maximum Gasteiger partial charge on any atom is 0.184 e. The Labute approximate surface area is 123 Å². The van der Waals surface area contributed by atoms with Crippen LogP contribution in [0.5, 0.6) is 0 Å². The second-order valence-electron chi connectivity index (χ2n) is 5.34. The number of imidazole rings is 1. The van der Waals surface area contributed by atoms with E-state index in [0.717, 1.165) is 22.4 Å². The van der Waals surface area contributed by atoms with Crippen LogP contribution in [0.4, 0.5) is 0 Å². The van der Waals surface area contributed by atoms with E-state index in [4.69, 9.17) is 12.2 Å². The highest BCUT2D eigenvalue weighted by molar-refractivity contribution is 7.71. The van der Waals surface area contributed by atoms with E-state index in [0.29, 0.717) is 10.7 Å². The number of aryl methyl sites for hydroxylation is 1. The van der Waals surface area contributed by atoms with Crippen molar-refractivity contribution in [2.75, 3.05) is 0 Å². The van der Waals surface area contributed by atoms with Gasteiger partial charge in [0.15, 0.2) is 10.4 Å². The molecule has 0 radical (unpaired) electrons. The third-order valence-electron chi connectivity index (χ3n) is 3.60. The Morgan fingerprint density at radius 2 is 1.85 bits per heavy atom.